The van der Waals surface area contributed by atoms with Crippen LogP contribution in [-0.2, 0) is 10.2 Å². The molecular formula is C13H15BrO. The van der Waals surface area contributed by atoms with Crippen LogP contribution in [0.15, 0.2) is 28.7 Å². The van der Waals surface area contributed by atoms with Gasteiger partial charge in [-0.15, -0.1) is 0 Å². The van der Waals surface area contributed by atoms with Gasteiger partial charge < -0.3 is 0 Å². The van der Waals surface area contributed by atoms with Gasteiger partial charge in [0.15, 0.2) is 0 Å². The van der Waals surface area contributed by atoms with E-state index in [-0.39, 0.29) is 5.41 Å². The number of rotatable bonds is 1. The van der Waals surface area contributed by atoms with Crippen molar-refractivity contribution >= 4 is 21.7 Å². The molecule has 0 amide bonds. The summed E-state index contributed by atoms with van der Waals surface area (Å²) in [7, 11) is 0. The molecule has 1 aromatic carbocycles. The minimum Gasteiger partial charge on any atom is -0.300 e. The van der Waals surface area contributed by atoms with E-state index in [2.05, 4.69) is 41.1 Å². The van der Waals surface area contributed by atoms with Crippen molar-refractivity contribution in [2.45, 2.75) is 38.0 Å². The SMILES string of the molecule is CC1(c2cccc(Br)c2)CCC(=O)CC1. The number of halogens is 1. The first-order chi connectivity index (χ1) is 7.10. The number of carbonyl (C=O) groups excluding carboxylic acids is 1. The fourth-order valence-corrected chi connectivity index (χ4v) is 2.63. The number of carbonyl (C=O) groups is 1. The van der Waals surface area contributed by atoms with Crippen molar-refractivity contribution in [3.63, 3.8) is 0 Å². The number of ketones is 1. The summed E-state index contributed by atoms with van der Waals surface area (Å²) in [6.07, 6.45) is 3.45. The molecular weight excluding hydrogens is 252 g/mol. The van der Waals surface area contributed by atoms with E-state index < -0.39 is 0 Å². The van der Waals surface area contributed by atoms with E-state index in [0.717, 1.165) is 30.2 Å². The van der Waals surface area contributed by atoms with E-state index >= 15 is 0 Å². The highest BCUT2D eigenvalue weighted by Gasteiger charge is 2.31. The Morgan fingerprint density at radius 2 is 1.93 bits per heavy atom. The van der Waals surface area contributed by atoms with Crippen molar-refractivity contribution < 1.29 is 4.79 Å². The molecule has 0 atom stereocenters. The maximum atomic E-state index is 11.2. The lowest BCUT2D eigenvalue weighted by molar-refractivity contribution is -0.121. The van der Waals surface area contributed by atoms with Gasteiger partial charge in [0.25, 0.3) is 0 Å². The summed E-state index contributed by atoms with van der Waals surface area (Å²) < 4.78 is 1.12. The second-order valence-electron chi connectivity index (χ2n) is 4.61. The van der Waals surface area contributed by atoms with Crippen LogP contribution in [0, 0.1) is 0 Å². The van der Waals surface area contributed by atoms with Crippen LogP contribution in [0.4, 0.5) is 0 Å². The van der Waals surface area contributed by atoms with Crippen LogP contribution >= 0.6 is 15.9 Å². The Hall–Kier alpha value is -0.630. The predicted octanol–water partition coefficient (Wildman–Crippen LogP) is 3.85. The van der Waals surface area contributed by atoms with Crippen molar-refractivity contribution in [2.75, 3.05) is 0 Å². The van der Waals surface area contributed by atoms with E-state index in [1.165, 1.54) is 5.56 Å². The fraction of sp³-hybridized carbons (Fsp3) is 0.462. The number of Topliss-reactive ketones (excluding diaryl/α,β-unsaturated/α-hetero) is 1. The molecule has 80 valence electrons. The molecule has 0 aromatic heterocycles. The van der Waals surface area contributed by atoms with Gasteiger partial charge in [0, 0.05) is 17.3 Å². The Balaban J connectivity index is 2.25. The Labute approximate surface area is 99.0 Å². The fourth-order valence-electron chi connectivity index (χ4n) is 2.23. The summed E-state index contributed by atoms with van der Waals surface area (Å²) in [5, 5.41) is 0. The van der Waals surface area contributed by atoms with Gasteiger partial charge in [0.2, 0.25) is 0 Å². The van der Waals surface area contributed by atoms with Crippen molar-refractivity contribution in [3.8, 4) is 0 Å². The van der Waals surface area contributed by atoms with E-state index in [9.17, 15) is 4.79 Å². The van der Waals surface area contributed by atoms with Crippen LogP contribution in [0.1, 0.15) is 38.2 Å². The normalized spacial score (nSPS) is 20.3. The zero-order chi connectivity index (χ0) is 10.9. The molecule has 2 heteroatoms. The van der Waals surface area contributed by atoms with E-state index in [0.29, 0.717) is 5.78 Å². The molecule has 0 spiro atoms. The van der Waals surface area contributed by atoms with Gasteiger partial charge >= 0.3 is 0 Å². The zero-order valence-corrected chi connectivity index (χ0v) is 10.5. The molecule has 1 fully saturated rings. The van der Waals surface area contributed by atoms with Crippen molar-refractivity contribution in [1.29, 1.82) is 0 Å². The van der Waals surface area contributed by atoms with Crippen molar-refractivity contribution in [3.05, 3.63) is 34.3 Å². The van der Waals surface area contributed by atoms with Crippen LogP contribution in [-0.4, -0.2) is 5.78 Å². The monoisotopic (exact) mass is 266 g/mol. The molecule has 15 heavy (non-hydrogen) atoms. The third-order valence-corrected chi connectivity index (χ3v) is 3.93. The van der Waals surface area contributed by atoms with Gasteiger partial charge in [-0.3, -0.25) is 4.79 Å². The molecule has 0 saturated heterocycles. The number of hydrogen-bond acceptors (Lipinski definition) is 1. The summed E-state index contributed by atoms with van der Waals surface area (Å²) in [6, 6.07) is 8.46. The summed E-state index contributed by atoms with van der Waals surface area (Å²) in [5.74, 6) is 0.419. The Morgan fingerprint density at radius 1 is 1.27 bits per heavy atom. The standard InChI is InChI=1S/C13H15BrO/c1-13(7-5-12(15)6-8-13)10-3-2-4-11(14)9-10/h2-4,9H,5-8H2,1H3. The lowest BCUT2D eigenvalue weighted by Gasteiger charge is -2.33. The summed E-state index contributed by atoms with van der Waals surface area (Å²) in [4.78, 5) is 11.2. The van der Waals surface area contributed by atoms with Crippen molar-refractivity contribution in [1.82, 2.24) is 0 Å². The van der Waals surface area contributed by atoms with Crippen LogP contribution in [0.3, 0.4) is 0 Å². The Kier molecular flexibility index (Phi) is 2.96. The smallest absolute Gasteiger partial charge is 0.132 e. The third-order valence-electron chi connectivity index (χ3n) is 3.43. The number of benzene rings is 1. The predicted molar refractivity (Wildman–Crippen MR) is 65.0 cm³/mol. The van der Waals surface area contributed by atoms with Crippen LogP contribution in [0.25, 0.3) is 0 Å². The molecule has 0 heterocycles. The van der Waals surface area contributed by atoms with Gasteiger partial charge in [0.05, 0.1) is 0 Å². The molecule has 0 N–H and O–H groups in total. The summed E-state index contributed by atoms with van der Waals surface area (Å²) in [5.41, 5.74) is 1.54. The number of hydrogen-bond donors (Lipinski definition) is 0. The van der Waals surface area contributed by atoms with E-state index in [4.69, 9.17) is 0 Å². The van der Waals surface area contributed by atoms with Gasteiger partial charge in [-0.05, 0) is 36.0 Å². The van der Waals surface area contributed by atoms with E-state index in [1.807, 2.05) is 6.07 Å². The maximum absolute atomic E-state index is 11.2. The maximum Gasteiger partial charge on any atom is 0.132 e. The minimum absolute atomic E-state index is 0.192. The van der Waals surface area contributed by atoms with E-state index in [1.54, 1.807) is 0 Å². The molecule has 0 radical (unpaired) electrons. The molecule has 1 aliphatic rings. The molecule has 1 nitrogen and oxygen atoms in total. The summed E-state index contributed by atoms with van der Waals surface area (Å²) >= 11 is 3.50. The van der Waals surface area contributed by atoms with Gasteiger partial charge in [-0.2, -0.15) is 0 Å². The van der Waals surface area contributed by atoms with Crippen LogP contribution < -0.4 is 0 Å². The lowest BCUT2D eigenvalue weighted by atomic mass is 9.71. The first kappa shape index (κ1) is 10.9. The molecule has 1 saturated carbocycles. The first-order valence-electron chi connectivity index (χ1n) is 5.38. The van der Waals surface area contributed by atoms with Crippen molar-refractivity contribution in [2.24, 2.45) is 0 Å². The molecule has 1 aliphatic carbocycles. The van der Waals surface area contributed by atoms with Gasteiger partial charge in [-0.25, -0.2) is 0 Å². The Bertz CT molecular complexity index is 374. The molecule has 0 bridgehead atoms. The third kappa shape index (κ3) is 2.31. The second kappa shape index (κ2) is 4.09. The Morgan fingerprint density at radius 3 is 2.53 bits per heavy atom. The average Bonchev–Trinajstić information content (AvgIpc) is 2.23. The largest absolute Gasteiger partial charge is 0.300 e. The highest BCUT2D eigenvalue weighted by Crippen LogP contribution is 2.38. The van der Waals surface area contributed by atoms with Crippen LogP contribution in [0.5, 0.6) is 0 Å². The van der Waals surface area contributed by atoms with Gasteiger partial charge in [-0.1, -0.05) is 35.0 Å². The minimum atomic E-state index is 0.192. The van der Waals surface area contributed by atoms with Crippen LogP contribution in [0.2, 0.25) is 0 Å². The average molecular weight is 267 g/mol. The summed E-state index contributed by atoms with van der Waals surface area (Å²) in [6.45, 7) is 2.27. The molecule has 0 aliphatic heterocycles. The highest BCUT2D eigenvalue weighted by molar-refractivity contribution is 9.10. The molecule has 1 aromatic rings. The molecule has 2 rings (SSSR count). The van der Waals surface area contributed by atoms with Gasteiger partial charge in [0.1, 0.15) is 5.78 Å². The topological polar surface area (TPSA) is 17.1 Å². The molecule has 0 unspecified atom stereocenters. The lowest BCUT2D eigenvalue weighted by Crippen LogP contribution is -2.28. The first-order valence-corrected chi connectivity index (χ1v) is 6.17. The second-order valence-corrected chi connectivity index (χ2v) is 5.53. The zero-order valence-electron chi connectivity index (χ0n) is 8.92. The highest BCUT2D eigenvalue weighted by atomic mass is 79.9. The quantitative estimate of drug-likeness (QED) is 0.755.